The molecule has 5 nitrogen and oxygen atoms in total. The third kappa shape index (κ3) is 2.65. The number of pyridine rings is 1. The molecule has 0 unspecified atom stereocenters. The number of aromatic nitrogens is 2. The van der Waals surface area contributed by atoms with Crippen LogP contribution in [0.4, 0.5) is 0 Å². The monoisotopic (exact) mass is 309 g/mol. The van der Waals surface area contributed by atoms with E-state index in [1.54, 1.807) is 29.8 Å². The molecule has 1 amide bonds. The largest absolute Gasteiger partial charge is 0.496 e. The Balaban J connectivity index is 1.93. The van der Waals surface area contributed by atoms with Gasteiger partial charge in [-0.25, -0.2) is 4.52 Å². The summed E-state index contributed by atoms with van der Waals surface area (Å²) in [4.78, 5) is 14.6. The van der Waals surface area contributed by atoms with Gasteiger partial charge in [0, 0.05) is 18.8 Å². The van der Waals surface area contributed by atoms with Gasteiger partial charge in [0.15, 0.2) is 0 Å². The van der Waals surface area contributed by atoms with E-state index in [0.29, 0.717) is 5.56 Å². The van der Waals surface area contributed by atoms with Crippen LogP contribution in [-0.4, -0.2) is 34.6 Å². The lowest BCUT2D eigenvalue weighted by Crippen LogP contribution is -2.29. The molecular weight excluding hydrogens is 290 g/mol. The molecule has 0 spiro atoms. The van der Waals surface area contributed by atoms with E-state index in [2.05, 4.69) is 5.10 Å². The van der Waals surface area contributed by atoms with Gasteiger partial charge in [0.2, 0.25) is 0 Å². The molecule has 23 heavy (non-hydrogen) atoms. The topological polar surface area (TPSA) is 46.8 Å². The molecule has 0 aliphatic heterocycles. The van der Waals surface area contributed by atoms with Gasteiger partial charge in [-0.1, -0.05) is 24.3 Å². The number of nitrogens with zero attached hydrogens (tertiary/aromatic N) is 3. The molecule has 0 aliphatic rings. The Labute approximate surface area is 135 Å². The summed E-state index contributed by atoms with van der Waals surface area (Å²) < 4.78 is 7.11. The van der Waals surface area contributed by atoms with E-state index in [4.69, 9.17) is 4.74 Å². The standard InChI is InChI=1S/C18H19N3O2/c1-13(14-8-4-5-10-17(14)23-3)20(2)18(22)15-12-19-21-11-7-6-9-16(15)21/h4-13H,1-3H3/t13-/m1/s1. The summed E-state index contributed by atoms with van der Waals surface area (Å²) in [5, 5.41) is 4.23. The number of ether oxygens (including phenoxy) is 1. The Bertz CT molecular complexity index is 841. The molecule has 0 saturated heterocycles. The summed E-state index contributed by atoms with van der Waals surface area (Å²) in [6, 6.07) is 13.3. The van der Waals surface area contributed by atoms with E-state index in [9.17, 15) is 4.79 Å². The molecule has 3 aromatic rings. The zero-order valence-electron chi connectivity index (χ0n) is 13.4. The molecule has 118 valence electrons. The Kier molecular flexibility index (Phi) is 4.02. The van der Waals surface area contributed by atoms with Crippen LogP contribution in [0, 0.1) is 0 Å². The predicted octanol–water partition coefficient (Wildman–Crippen LogP) is 3.18. The molecule has 0 bridgehead atoms. The maximum atomic E-state index is 12.9. The van der Waals surface area contributed by atoms with Gasteiger partial charge in [-0.2, -0.15) is 5.10 Å². The minimum Gasteiger partial charge on any atom is -0.496 e. The first-order chi connectivity index (χ1) is 11.1. The molecule has 0 fully saturated rings. The highest BCUT2D eigenvalue weighted by atomic mass is 16.5. The Hall–Kier alpha value is -2.82. The van der Waals surface area contributed by atoms with E-state index in [0.717, 1.165) is 16.8 Å². The quantitative estimate of drug-likeness (QED) is 0.743. The smallest absolute Gasteiger partial charge is 0.257 e. The summed E-state index contributed by atoms with van der Waals surface area (Å²) in [7, 11) is 3.44. The minimum absolute atomic E-state index is 0.0652. The average Bonchev–Trinajstić information content (AvgIpc) is 3.03. The van der Waals surface area contributed by atoms with Gasteiger partial charge >= 0.3 is 0 Å². The van der Waals surface area contributed by atoms with E-state index in [1.807, 2.05) is 55.6 Å². The van der Waals surface area contributed by atoms with Crippen molar-refractivity contribution in [2.24, 2.45) is 0 Å². The van der Waals surface area contributed by atoms with Crippen molar-refractivity contribution in [1.29, 1.82) is 0 Å². The number of carbonyl (C=O) groups is 1. The van der Waals surface area contributed by atoms with Gasteiger partial charge in [-0.3, -0.25) is 4.79 Å². The summed E-state index contributed by atoms with van der Waals surface area (Å²) in [6.45, 7) is 1.99. The lowest BCUT2D eigenvalue weighted by molar-refractivity contribution is 0.0743. The van der Waals surface area contributed by atoms with Gasteiger partial charge in [0.05, 0.1) is 30.4 Å². The number of hydrogen-bond acceptors (Lipinski definition) is 3. The van der Waals surface area contributed by atoms with Crippen LogP contribution in [-0.2, 0) is 0 Å². The Morgan fingerprint density at radius 1 is 1.22 bits per heavy atom. The molecule has 0 N–H and O–H groups in total. The molecule has 2 aromatic heterocycles. The van der Waals surface area contributed by atoms with E-state index in [-0.39, 0.29) is 11.9 Å². The second-order valence-electron chi connectivity index (χ2n) is 5.42. The van der Waals surface area contributed by atoms with Crippen molar-refractivity contribution in [3.8, 4) is 5.75 Å². The number of benzene rings is 1. The van der Waals surface area contributed by atoms with Crippen LogP contribution in [0.5, 0.6) is 5.75 Å². The molecule has 0 radical (unpaired) electrons. The molecule has 1 aromatic carbocycles. The Morgan fingerprint density at radius 2 is 1.96 bits per heavy atom. The lowest BCUT2D eigenvalue weighted by atomic mass is 10.1. The third-order valence-electron chi connectivity index (χ3n) is 4.15. The van der Waals surface area contributed by atoms with Crippen molar-refractivity contribution >= 4 is 11.4 Å². The lowest BCUT2D eigenvalue weighted by Gasteiger charge is -2.26. The normalized spacial score (nSPS) is 12.1. The van der Waals surface area contributed by atoms with Crippen LogP contribution < -0.4 is 4.74 Å². The highest BCUT2D eigenvalue weighted by Crippen LogP contribution is 2.29. The maximum Gasteiger partial charge on any atom is 0.257 e. The highest BCUT2D eigenvalue weighted by molar-refractivity contribution is 6.00. The van der Waals surface area contributed by atoms with Gasteiger partial charge in [0.1, 0.15) is 5.75 Å². The second kappa shape index (κ2) is 6.12. The van der Waals surface area contributed by atoms with Gasteiger partial charge in [0.25, 0.3) is 5.91 Å². The average molecular weight is 309 g/mol. The minimum atomic E-state index is -0.114. The number of methoxy groups -OCH3 is 1. The van der Waals surface area contributed by atoms with Crippen molar-refractivity contribution < 1.29 is 9.53 Å². The SMILES string of the molecule is COc1ccccc1[C@@H](C)N(C)C(=O)c1cnn2ccccc12. The fraction of sp³-hybridized carbons (Fsp3) is 0.222. The zero-order valence-corrected chi connectivity index (χ0v) is 13.4. The van der Waals surface area contributed by atoms with Gasteiger partial charge in [-0.05, 0) is 25.1 Å². The number of hydrogen-bond donors (Lipinski definition) is 0. The van der Waals surface area contributed by atoms with Crippen LogP contribution in [0.3, 0.4) is 0 Å². The van der Waals surface area contributed by atoms with Gasteiger partial charge < -0.3 is 9.64 Å². The summed E-state index contributed by atoms with van der Waals surface area (Å²) >= 11 is 0. The molecule has 2 heterocycles. The first-order valence-corrected chi connectivity index (χ1v) is 7.46. The van der Waals surface area contributed by atoms with Gasteiger partial charge in [-0.15, -0.1) is 0 Å². The first kappa shape index (κ1) is 15.1. The van der Waals surface area contributed by atoms with Crippen LogP contribution in [0.15, 0.2) is 54.9 Å². The van der Waals surface area contributed by atoms with Crippen molar-refractivity contribution in [3.05, 3.63) is 66.0 Å². The number of carbonyl (C=O) groups excluding carboxylic acids is 1. The summed E-state index contributed by atoms with van der Waals surface area (Å²) in [6.07, 6.45) is 3.44. The first-order valence-electron chi connectivity index (χ1n) is 7.46. The maximum absolute atomic E-state index is 12.9. The number of rotatable bonds is 4. The Morgan fingerprint density at radius 3 is 2.74 bits per heavy atom. The van der Waals surface area contributed by atoms with E-state index in [1.165, 1.54) is 0 Å². The van der Waals surface area contributed by atoms with E-state index < -0.39 is 0 Å². The van der Waals surface area contributed by atoms with Crippen molar-refractivity contribution in [2.45, 2.75) is 13.0 Å². The van der Waals surface area contributed by atoms with E-state index >= 15 is 0 Å². The van der Waals surface area contributed by atoms with Crippen molar-refractivity contribution in [3.63, 3.8) is 0 Å². The molecule has 5 heteroatoms. The molecule has 0 saturated carbocycles. The zero-order chi connectivity index (χ0) is 16.4. The molecule has 3 rings (SSSR count). The molecule has 1 atom stereocenters. The van der Waals surface area contributed by atoms with Crippen molar-refractivity contribution in [2.75, 3.05) is 14.2 Å². The molecule has 0 aliphatic carbocycles. The number of fused-ring (bicyclic) bond motifs is 1. The summed E-state index contributed by atoms with van der Waals surface area (Å²) in [5.41, 5.74) is 2.37. The van der Waals surface area contributed by atoms with Crippen LogP contribution in [0.2, 0.25) is 0 Å². The highest BCUT2D eigenvalue weighted by Gasteiger charge is 2.23. The fourth-order valence-corrected chi connectivity index (χ4v) is 2.69. The summed E-state index contributed by atoms with van der Waals surface area (Å²) in [5.74, 6) is 0.712. The predicted molar refractivity (Wildman–Crippen MR) is 88.7 cm³/mol. The number of amides is 1. The fourth-order valence-electron chi connectivity index (χ4n) is 2.69. The molecular formula is C18H19N3O2. The number of para-hydroxylation sites is 1. The van der Waals surface area contributed by atoms with Crippen LogP contribution in [0.25, 0.3) is 5.52 Å². The van der Waals surface area contributed by atoms with Crippen molar-refractivity contribution in [1.82, 2.24) is 14.5 Å². The van der Waals surface area contributed by atoms with Crippen LogP contribution >= 0.6 is 0 Å². The van der Waals surface area contributed by atoms with Crippen LogP contribution in [0.1, 0.15) is 28.9 Å². The third-order valence-corrected chi connectivity index (χ3v) is 4.15. The second-order valence-corrected chi connectivity index (χ2v) is 5.42.